The van der Waals surface area contributed by atoms with Crippen molar-refractivity contribution in [2.45, 2.75) is 112 Å². The van der Waals surface area contributed by atoms with E-state index in [0.29, 0.717) is 45.4 Å². The van der Waals surface area contributed by atoms with Gasteiger partial charge in [0.15, 0.2) is 0 Å². The lowest BCUT2D eigenvalue weighted by Gasteiger charge is -2.40. The van der Waals surface area contributed by atoms with Crippen molar-refractivity contribution in [1.29, 1.82) is 0 Å². The molecule has 2 N–H and O–H groups in total. The number of Topliss-reactive ketones (excluding diaryl/α,β-unsaturated/α-hetero) is 2. The monoisotopic (exact) mass is 712 g/mol. The van der Waals surface area contributed by atoms with E-state index in [2.05, 4.69) is 10.6 Å². The standard InChI is InChI=1S/C29H60N2O12Si3/c1-11-36-28(34)23-27(29(35)37-12-2)31-19-21-46(40-15-5,41-16-6)43-44(9,10)42-45(38-13-3,39-14-4)20-17-18-30-26(25(8)33)22-24(7)32/h26-27,30-31H,11-23H2,1-10H3. The summed E-state index contributed by atoms with van der Waals surface area (Å²) in [4.78, 5) is 48.3. The van der Waals surface area contributed by atoms with Gasteiger partial charge in [-0.05, 0) is 81.4 Å². The molecule has 0 radical (unpaired) electrons. The molecule has 14 nitrogen and oxygen atoms in total. The Morgan fingerprint density at radius 1 is 0.609 bits per heavy atom. The molecule has 0 spiro atoms. The molecule has 0 aliphatic heterocycles. The van der Waals surface area contributed by atoms with E-state index in [1.54, 1.807) is 13.8 Å². The van der Waals surface area contributed by atoms with Crippen molar-refractivity contribution < 1.29 is 54.6 Å². The molecule has 0 saturated carbocycles. The molecule has 0 amide bonds. The Kier molecular flexibility index (Phi) is 23.1. The predicted molar refractivity (Wildman–Crippen MR) is 179 cm³/mol. The number of hydrogen-bond acceptors (Lipinski definition) is 14. The highest BCUT2D eigenvalue weighted by atomic mass is 28.5. The molecular weight excluding hydrogens is 653 g/mol. The fourth-order valence-corrected chi connectivity index (χ4v) is 16.6. The van der Waals surface area contributed by atoms with Gasteiger partial charge in [0.2, 0.25) is 0 Å². The minimum atomic E-state index is -3.40. The molecule has 2 atom stereocenters. The maximum atomic E-state index is 12.6. The quantitative estimate of drug-likeness (QED) is 0.0660. The number of carbonyl (C=O) groups excluding carboxylic acids is 4. The number of hydrogen-bond donors (Lipinski definition) is 2. The highest BCUT2D eigenvalue weighted by Gasteiger charge is 2.52. The van der Waals surface area contributed by atoms with Crippen LogP contribution < -0.4 is 10.6 Å². The van der Waals surface area contributed by atoms with Gasteiger partial charge in [-0.1, -0.05) is 0 Å². The van der Waals surface area contributed by atoms with E-state index in [1.165, 1.54) is 13.8 Å². The molecule has 0 saturated heterocycles. The Morgan fingerprint density at radius 3 is 1.52 bits per heavy atom. The molecule has 270 valence electrons. The van der Waals surface area contributed by atoms with E-state index in [-0.39, 0.29) is 50.2 Å². The summed E-state index contributed by atoms with van der Waals surface area (Å²) in [5, 5.41) is 6.28. The van der Waals surface area contributed by atoms with E-state index < -0.39 is 50.2 Å². The van der Waals surface area contributed by atoms with Crippen molar-refractivity contribution in [3.63, 3.8) is 0 Å². The predicted octanol–water partition coefficient (Wildman–Crippen LogP) is 3.14. The average molecular weight is 713 g/mol. The third-order valence-electron chi connectivity index (χ3n) is 6.36. The summed E-state index contributed by atoms with van der Waals surface area (Å²) in [6.07, 6.45) is 0.540. The summed E-state index contributed by atoms with van der Waals surface area (Å²) in [7, 11) is -9.76. The second-order valence-electron chi connectivity index (χ2n) is 10.8. The highest BCUT2D eigenvalue weighted by molar-refractivity contribution is 6.82. The molecule has 0 aromatic heterocycles. The van der Waals surface area contributed by atoms with Gasteiger partial charge in [0.1, 0.15) is 17.6 Å². The van der Waals surface area contributed by atoms with E-state index >= 15 is 0 Å². The zero-order chi connectivity index (χ0) is 35.2. The summed E-state index contributed by atoms with van der Waals surface area (Å²) >= 11 is 0. The van der Waals surface area contributed by atoms with Crippen LogP contribution in [-0.4, -0.2) is 114 Å². The smallest absolute Gasteiger partial charge is 0.466 e. The molecular formula is C29H60N2O12Si3. The zero-order valence-corrected chi connectivity index (χ0v) is 32.7. The molecule has 0 fully saturated rings. The number of ketones is 2. The second-order valence-corrected chi connectivity index (χ2v) is 20.2. The van der Waals surface area contributed by atoms with Crippen molar-refractivity contribution >= 4 is 49.7 Å². The average Bonchev–Trinajstić information content (AvgIpc) is 2.94. The maximum absolute atomic E-state index is 12.6. The number of rotatable bonds is 29. The van der Waals surface area contributed by atoms with E-state index in [0.717, 1.165) is 0 Å². The maximum Gasteiger partial charge on any atom is 0.493 e. The Hall–Kier alpha value is -1.39. The fraction of sp³-hybridized carbons (Fsp3) is 0.862. The minimum Gasteiger partial charge on any atom is -0.466 e. The van der Waals surface area contributed by atoms with Crippen LogP contribution in [0.3, 0.4) is 0 Å². The van der Waals surface area contributed by atoms with E-state index in [1.807, 2.05) is 40.8 Å². The van der Waals surface area contributed by atoms with Crippen LogP contribution in [0.25, 0.3) is 0 Å². The summed E-state index contributed by atoms with van der Waals surface area (Å²) in [6, 6.07) is -0.697. The Morgan fingerprint density at radius 2 is 1.09 bits per heavy atom. The third kappa shape index (κ3) is 18.2. The summed E-state index contributed by atoms with van der Waals surface area (Å²) in [6.45, 7) is 20.0. The Balaban J connectivity index is 5.90. The first kappa shape index (κ1) is 44.6. The van der Waals surface area contributed by atoms with Gasteiger partial charge < -0.3 is 46.0 Å². The van der Waals surface area contributed by atoms with Gasteiger partial charge in [0, 0.05) is 51.5 Å². The summed E-state index contributed by atoms with van der Waals surface area (Å²) < 4.78 is 48.4. The van der Waals surface area contributed by atoms with Crippen LogP contribution in [0.1, 0.15) is 74.7 Å². The molecule has 0 aliphatic carbocycles. The zero-order valence-electron chi connectivity index (χ0n) is 29.7. The summed E-state index contributed by atoms with van der Waals surface area (Å²) in [5.74, 6) is -1.22. The van der Waals surface area contributed by atoms with Crippen molar-refractivity contribution in [2.24, 2.45) is 0 Å². The second kappa shape index (κ2) is 23.9. The lowest BCUT2D eigenvalue weighted by atomic mass is 10.1. The van der Waals surface area contributed by atoms with Crippen molar-refractivity contribution in [2.75, 3.05) is 52.7 Å². The van der Waals surface area contributed by atoms with Crippen molar-refractivity contribution in [3.05, 3.63) is 0 Å². The molecule has 0 aliphatic rings. The van der Waals surface area contributed by atoms with Crippen LogP contribution in [-0.2, 0) is 54.6 Å². The van der Waals surface area contributed by atoms with Gasteiger partial charge in [-0.3, -0.25) is 19.2 Å². The summed E-state index contributed by atoms with van der Waals surface area (Å²) in [5.41, 5.74) is 0. The largest absolute Gasteiger partial charge is 0.493 e. The van der Waals surface area contributed by atoms with E-state index in [4.69, 9.17) is 35.4 Å². The van der Waals surface area contributed by atoms with Gasteiger partial charge in [-0.15, -0.1) is 0 Å². The van der Waals surface area contributed by atoms with Gasteiger partial charge in [0.25, 0.3) is 0 Å². The Bertz CT molecular complexity index is 901. The minimum absolute atomic E-state index is 0.0601. The molecule has 0 aromatic carbocycles. The van der Waals surface area contributed by atoms with Crippen molar-refractivity contribution in [3.8, 4) is 0 Å². The van der Waals surface area contributed by atoms with Crippen molar-refractivity contribution in [1.82, 2.24) is 10.6 Å². The van der Waals surface area contributed by atoms with Gasteiger partial charge in [-0.25, -0.2) is 0 Å². The van der Waals surface area contributed by atoms with Gasteiger partial charge in [0.05, 0.1) is 25.7 Å². The van der Waals surface area contributed by atoms with Crippen LogP contribution in [0.4, 0.5) is 0 Å². The third-order valence-corrected chi connectivity index (χ3v) is 17.5. The van der Waals surface area contributed by atoms with E-state index in [9.17, 15) is 19.2 Å². The number of esters is 2. The SMILES string of the molecule is CCOC(=O)CC(NCC[Si](OCC)(OCC)O[Si](C)(C)O[Si](CCCNC(CC(C)=O)C(C)=O)(OCC)OCC)C(=O)OCC. The lowest BCUT2D eigenvalue weighted by Crippen LogP contribution is -2.61. The van der Waals surface area contributed by atoms with Crippen LogP contribution in [0.15, 0.2) is 0 Å². The molecule has 0 aromatic rings. The first-order chi connectivity index (χ1) is 21.7. The first-order valence-corrected chi connectivity index (χ1v) is 23.1. The van der Waals surface area contributed by atoms with Gasteiger partial charge >= 0.3 is 38.1 Å². The number of nitrogens with one attached hydrogen (secondary N) is 2. The molecule has 2 unspecified atom stereocenters. The molecule has 0 rings (SSSR count). The van der Waals surface area contributed by atoms with Crippen LogP contribution >= 0.6 is 0 Å². The van der Waals surface area contributed by atoms with Gasteiger partial charge in [-0.2, -0.15) is 0 Å². The first-order valence-electron chi connectivity index (χ1n) is 16.4. The molecule has 0 bridgehead atoms. The van der Waals surface area contributed by atoms with Crippen LogP contribution in [0.2, 0.25) is 25.2 Å². The Labute approximate surface area is 279 Å². The number of carbonyl (C=O) groups is 4. The van der Waals surface area contributed by atoms with Crippen LogP contribution in [0, 0.1) is 0 Å². The molecule has 17 heteroatoms. The normalized spacial score (nSPS) is 13.7. The number of ether oxygens (including phenoxy) is 2. The van der Waals surface area contributed by atoms with Crippen LogP contribution in [0.5, 0.6) is 0 Å². The highest BCUT2D eigenvalue weighted by Crippen LogP contribution is 2.28. The lowest BCUT2D eigenvalue weighted by molar-refractivity contribution is -0.152. The fourth-order valence-electron chi connectivity index (χ4n) is 4.74. The molecule has 0 heterocycles. The molecule has 46 heavy (non-hydrogen) atoms. The topological polar surface area (TPSA) is 166 Å².